The number of likely N-dealkylation sites (tertiary alicyclic amines) is 1. The van der Waals surface area contributed by atoms with Crippen LogP contribution in [0.1, 0.15) is 68.2 Å². The molecule has 0 radical (unpaired) electrons. The number of rotatable bonds is 6. The Balaban J connectivity index is 1.52. The van der Waals surface area contributed by atoms with E-state index in [9.17, 15) is 18.0 Å². The lowest BCUT2D eigenvalue weighted by Crippen LogP contribution is -2.50. The number of carbonyl (C=O) groups excluding carboxylic acids is 2. The molecule has 1 atom stereocenters. The van der Waals surface area contributed by atoms with Crippen LogP contribution in [0.2, 0.25) is 0 Å². The van der Waals surface area contributed by atoms with Crippen LogP contribution < -0.4 is 10.8 Å². The maximum Gasteiger partial charge on any atom is 0.498 e. The van der Waals surface area contributed by atoms with Crippen molar-refractivity contribution in [2.75, 3.05) is 18.8 Å². The van der Waals surface area contributed by atoms with E-state index in [0.29, 0.717) is 31.4 Å². The average Bonchev–Trinajstić information content (AvgIpc) is 2.99. The molecule has 1 N–H and O–H groups in total. The molecule has 2 aliphatic heterocycles. The lowest BCUT2D eigenvalue weighted by molar-refractivity contribution is -0.134. The minimum atomic E-state index is -3.71. The zero-order valence-corrected chi connectivity index (χ0v) is 23.8. The summed E-state index contributed by atoms with van der Waals surface area (Å²) in [7, 11) is -4.38. The highest BCUT2D eigenvalue weighted by atomic mass is 32.2. The number of ether oxygens (including phenoxy) is 1. The van der Waals surface area contributed by atoms with Gasteiger partial charge in [-0.05, 0) is 74.1 Å². The van der Waals surface area contributed by atoms with Gasteiger partial charge in [0.2, 0.25) is 20.9 Å². The molecule has 0 bridgehead atoms. The van der Waals surface area contributed by atoms with Crippen molar-refractivity contribution >= 4 is 34.4 Å². The number of nitrogens with one attached hydrogen (secondary N) is 1. The van der Waals surface area contributed by atoms with Crippen molar-refractivity contribution in [2.24, 2.45) is 5.92 Å². The zero-order chi connectivity index (χ0) is 27.8. The number of carbonyl (C=O) groups is 2. The van der Waals surface area contributed by atoms with Gasteiger partial charge in [-0.1, -0.05) is 0 Å². The van der Waals surface area contributed by atoms with E-state index in [1.807, 2.05) is 27.7 Å². The van der Waals surface area contributed by atoms with Crippen LogP contribution in [0.3, 0.4) is 0 Å². The van der Waals surface area contributed by atoms with Crippen LogP contribution in [-0.4, -0.2) is 84.1 Å². The van der Waals surface area contributed by atoms with Crippen molar-refractivity contribution in [1.82, 2.24) is 20.2 Å². The van der Waals surface area contributed by atoms with Gasteiger partial charge in [0.25, 0.3) is 0 Å². The molecule has 1 aromatic rings. The second-order valence-electron chi connectivity index (χ2n) is 11.8. The molecule has 3 rings (SSSR count). The van der Waals surface area contributed by atoms with Gasteiger partial charge < -0.3 is 24.3 Å². The number of nitrogens with zero attached hydrogens (tertiary/aromatic N) is 3. The van der Waals surface area contributed by atoms with Gasteiger partial charge in [-0.2, -0.15) is 0 Å². The summed E-state index contributed by atoms with van der Waals surface area (Å²) in [6.07, 6.45) is 3.26. The minimum absolute atomic E-state index is 0.101. The maximum atomic E-state index is 13.0. The summed E-state index contributed by atoms with van der Waals surface area (Å²) in [5, 5.41) is 2.32. The second kappa shape index (κ2) is 10.5. The number of aromatic nitrogens is 2. The van der Waals surface area contributed by atoms with Crippen molar-refractivity contribution in [3.8, 4) is 0 Å². The zero-order valence-electron chi connectivity index (χ0n) is 23.0. The van der Waals surface area contributed by atoms with Crippen LogP contribution in [-0.2, 0) is 28.7 Å². The molecule has 206 valence electrons. The van der Waals surface area contributed by atoms with E-state index < -0.39 is 45.9 Å². The molecule has 37 heavy (non-hydrogen) atoms. The van der Waals surface area contributed by atoms with E-state index in [-0.39, 0.29) is 22.7 Å². The Morgan fingerprint density at radius 1 is 1.14 bits per heavy atom. The molecule has 3 heterocycles. The summed E-state index contributed by atoms with van der Waals surface area (Å²) in [5.74, 6) is -0.459. The van der Waals surface area contributed by atoms with Crippen LogP contribution in [0.4, 0.5) is 4.79 Å². The number of piperidine rings is 1. The van der Waals surface area contributed by atoms with Crippen LogP contribution in [0, 0.1) is 5.92 Å². The number of alkyl carbamates (subject to hydrolysis) is 1. The normalized spacial score (nSPS) is 21.0. The SMILES string of the molecule is C[C@H](NC(=O)OC(C)(C)C)C(=O)N1CCC(CS(=O)(=O)c2ncc(B3OC(C)(C)C(C)(C)O3)cn2)CC1. The van der Waals surface area contributed by atoms with Crippen molar-refractivity contribution in [3.63, 3.8) is 0 Å². The highest BCUT2D eigenvalue weighted by Crippen LogP contribution is 2.36. The van der Waals surface area contributed by atoms with E-state index in [1.54, 1.807) is 32.6 Å². The van der Waals surface area contributed by atoms with Gasteiger partial charge in [-0.25, -0.2) is 23.2 Å². The fraction of sp³-hybridized carbons (Fsp3) is 0.750. The lowest BCUT2D eigenvalue weighted by atomic mass is 9.81. The van der Waals surface area contributed by atoms with Crippen molar-refractivity contribution in [2.45, 2.75) is 96.2 Å². The molecule has 13 heteroatoms. The quantitative estimate of drug-likeness (QED) is 0.424. The summed E-state index contributed by atoms with van der Waals surface area (Å²) in [5.41, 5.74) is -1.16. The molecule has 2 saturated heterocycles. The molecule has 11 nitrogen and oxygen atoms in total. The smallest absolute Gasteiger partial charge is 0.444 e. The summed E-state index contributed by atoms with van der Waals surface area (Å²) < 4.78 is 43.1. The molecule has 2 aliphatic rings. The molecule has 0 saturated carbocycles. The molecular weight excluding hydrogens is 499 g/mol. The first-order valence-corrected chi connectivity index (χ1v) is 14.2. The maximum absolute atomic E-state index is 13.0. The van der Waals surface area contributed by atoms with Gasteiger partial charge in [0, 0.05) is 30.9 Å². The average molecular weight is 538 g/mol. The van der Waals surface area contributed by atoms with E-state index in [0.717, 1.165) is 0 Å². The predicted molar refractivity (Wildman–Crippen MR) is 138 cm³/mol. The summed E-state index contributed by atoms with van der Waals surface area (Å²) in [4.78, 5) is 34.5. The third-order valence-electron chi connectivity index (χ3n) is 6.94. The van der Waals surface area contributed by atoms with E-state index >= 15 is 0 Å². The molecular formula is C24H39BN4O7S. The van der Waals surface area contributed by atoms with Gasteiger partial charge in [0.15, 0.2) is 0 Å². The topological polar surface area (TPSA) is 137 Å². The summed E-state index contributed by atoms with van der Waals surface area (Å²) in [6, 6.07) is -0.744. The molecule has 1 aromatic heterocycles. The highest BCUT2D eigenvalue weighted by Gasteiger charge is 2.52. The van der Waals surface area contributed by atoms with Crippen molar-refractivity contribution in [1.29, 1.82) is 0 Å². The van der Waals surface area contributed by atoms with E-state index in [2.05, 4.69) is 15.3 Å². The standard InChI is InChI=1S/C24H39BN4O7S/c1-16(28-21(31)34-22(2,3)4)19(30)29-11-9-17(10-12-29)15-37(32,33)20-26-13-18(14-27-20)25-35-23(5,6)24(7,8)36-25/h13-14,16-17H,9-12,15H2,1-8H3,(H,28,31)/t16-/m0/s1. The van der Waals surface area contributed by atoms with Crippen LogP contribution in [0.15, 0.2) is 17.6 Å². The number of hydrogen-bond donors (Lipinski definition) is 1. The third-order valence-corrected chi connectivity index (χ3v) is 8.61. The van der Waals surface area contributed by atoms with Gasteiger partial charge in [0.05, 0.1) is 17.0 Å². The van der Waals surface area contributed by atoms with Crippen LogP contribution in [0.25, 0.3) is 0 Å². The fourth-order valence-corrected chi connectivity index (χ4v) is 5.64. The number of amides is 2. The monoisotopic (exact) mass is 538 g/mol. The van der Waals surface area contributed by atoms with Crippen LogP contribution in [0.5, 0.6) is 0 Å². The largest absolute Gasteiger partial charge is 0.498 e. The Morgan fingerprint density at radius 3 is 2.14 bits per heavy atom. The molecule has 2 amide bonds. The molecule has 0 spiro atoms. The Kier molecular flexibility index (Phi) is 8.31. The van der Waals surface area contributed by atoms with Gasteiger partial charge in [-0.3, -0.25) is 4.79 Å². The third kappa shape index (κ3) is 7.20. The second-order valence-corrected chi connectivity index (χ2v) is 13.7. The van der Waals surface area contributed by atoms with Crippen molar-refractivity contribution in [3.05, 3.63) is 12.4 Å². The summed E-state index contributed by atoms with van der Waals surface area (Å²) >= 11 is 0. The number of sulfone groups is 1. The lowest BCUT2D eigenvalue weighted by Gasteiger charge is -2.33. The molecule has 0 aromatic carbocycles. The fourth-order valence-electron chi connectivity index (χ4n) is 4.11. The minimum Gasteiger partial charge on any atom is -0.444 e. The molecule has 0 unspecified atom stereocenters. The number of hydrogen-bond acceptors (Lipinski definition) is 9. The summed E-state index contributed by atoms with van der Waals surface area (Å²) in [6.45, 7) is 15.4. The Labute approximate surface area is 220 Å². The van der Waals surface area contributed by atoms with E-state index in [1.165, 1.54) is 12.4 Å². The van der Waals surface area contributed by atoms with Gasteiger partial charge >= 0.3 is 13.2 Å². The van der Waals surface area contributed by atoms with E-state index in [4.69, 9.17) is 14.0 Å². The molecule has 2 fully saturated rings. The van der Waals surface area contributed by atoms with Gasteiger partial charge in [0.1, 0.15) is 11.6 Å². The predicted octanol–water partition coefficient (Wildman–Crippen LogP) is 1.70. The highest BCUT2D eigenvalue weighted by molar-refractivity contribution is 7.91. The Morgan fingerprint density at radius 2 is 1.65 bits per heavy atom. The van der Waals surface area contributed by atoms with Crippen LogP contribution >= 0.6 is 0 Å². The Hall–Kier alpha value is -2.25. The first-order chi connectivity index (χ1) is 16.9. The first-order valence-electron chi connectivity index (χ1n) is 12.6. The first kappa shape index (κ1) is 29.3. The van der Waals surface area contributed by atoms with Gasteiger partial charge in [-0.15, -0.1) is 0 Å². The Bertz CT molecular complexity index is 1080. The molecule has 0 aliphatic carbocycles. The van der Waals surface area contributed by atoms with Crippen molar-refractivity contribution < 1.29 is 32.1 Å².